The lowest BCUT2D eigenvalue weighted by atomic mass is 10.1. The minimum absolute atomic E-state index is 0.144. The Bertz CT molecular complexity index is 1140. The van der Waals surface area contributed by atoms with Crippen LogP contribution in [0.4, 0.5) is 0 Å². The third kappa shape index (κ3) is 4.71. The first kappa shape index (κ1) is 19.8. The average Bonchev–Trinajstić information content (AvgIpc) is 3.07. The molecule has 3 aromatic carbocycles. The van der Waals surface area contributed by atoms with Crippen molar-refractivity contribution in [1.82, 2.24) is 4.57 Å². The Balaban J connectivity index is 1.36. The molecular weight excluding hydrogens is 374 g/mol. The van der Waals surface area contributed by atoms with Gasteiger partial charge in [-0.25, -0.2) is 0 Å². The van der Waals surface area contributed by atoms with Gasteiger partial charge < -0.3 is 14.4 Å². The number of hydrogen-bond acceptors (Lipinski definition) is 2. The summed E-state index contributed by atoms with van der Waals surface area (Å²) in [7, 11) is 0. The van der Waals surface area contributed by atoms with Gasteiger partial charge in [0.1, 0.15) is 12.4 Å². The molecule has 1 aromatic heterocycles. The molecule has 0 fully saturated rings. The number of rotatable bonds is 8. The summed E-state index contributed by atoms with van der Waals surface area (Å²) in [6.45, 7) is 3.49. The molecule has 0 bridgehead atoms. The van der Waals surface area contributed by atoms with Gasteiger partial charge >= 0.3 is 5.97 Å². The number of carboxylic acids is 1. The summed E-state index contributed by atoms with van der Waals surface area (Å²) in [6, 6.07) is 26.9. The highest BCUT2D eigenvalue weighted by molar-refractivity contribution is 5.81. The number of fused-ring (bicyclic) bond motifs is 1. The topological polar surface area (TPSA) is 51.5 Å². The first-order valence-corrected chi connectivity index (χ1v) is 10.1. The third-order valence-electron chi connectivity index (χ3n) is 5.34. The molecule has 4 heteroatoms. The van der Waals surface area contributed by atoms with Crippen LogP contribution in [0.25, 0.3) is 10.9 Å². The predicted octanol–water partition coefficient (Wildman–Crippen LogP) is 5.59. The van der Waals surface area contributed by atoms with Gasteiger partial charge in [0.05, 0.1) is 0 Å². The van der Waals surface area contributed by atoms with Crippen LogP contribution in [-0.4, -0.2) is 15.6 Å². The van der Waals surface area contributed by atoms with Crippen LogP contribution < -0.4 is 4.74 Å². The molecule has 4 rings (SSSR count). The van der Waals surface area contributed by atoms with Crippen LogP contribution >= 0.6 is 0 Å². The second-order valence-electron chi connectivity index (χ2n) is 7.57. The lowest BCUT2D eigenvalue weighted by Crippen LogP contribution is -2.02. The van der Waals surface area contributed by atoms with E-state index in [1.165, 1.54) is 22.2 Å². The zero-order valence-corrected chi connectivity index (χ0v) is 17.0. The highest BCUT2D eigenvalue weighted by Gasteiger charge is 2.06. The lowest BCUT2D eigenvalue weighted by Gasteiger charge is -2.10. The Morgan fingerprint density at radius 3 is 2.30 bits per heavy atom. The van der Waals surface area contributed by atoms with E-state index in [-0.39, 0.29) is 6.42 Å². The molecule has 152 valence electrons. The van der Waals surface area contributed by atoms with E-state index in [0.717, 1.165) is 23.4 Å². The Morgan fingerprint density at radius 2 is 1.57 bits per heavy atom. The number of hydrogen-bond donors (Lipinski definition) is 1. The molecular formula is C26H25NO3. The van der Waals surface area contributed by atoms with Crippen molar-refractivity contribution in [1.29, 1.82) is 0 Å². The van der Waals surface area contributed by atoms with E-state index in [2.05, 4.69) is 66.1 Å². The van der Waals surface area contributed by atoms with Crippen molar-refractivity contribution in [2.24, 2.45) is 0 Å². The van der Waals surface area contributed by atoms with Crippen LogP contribution in [0.15, 0.2) is 78.9 Å². The summed E-state index contributed by atoms with van der Waals surface area (Å²) >= 11 is 0. The zero-order chi connectivity index (χ0) is 20.9. The molecule has 0 radical (unpaired) electrons. The van der Waals surface area contributed by atoms with Gasteiger partial charge in [0.25, 0.3) is 0 Å². The minimum Gasteiger partial charge on any atom is -0.489 e. The van der Waals surface area contributed by atoms with Crippen molar-refractivity contribution in [3.63, 3.8) is 0 Å². The molecule has 4 aromatic rings. The van der Waals surface area contributed by atoms with E-state index >= 15 is 0 Å². The molecule has 0 saturated carbocycles. The van der Waals surface area contributed by atoms with Crippen LogP contribution in [0.1, 0.15) is 28.8 Å². The maximum absolute atomic E-state index is 10.7. The largest absolute Gasteiger partial charge is 0.489 e. The standard InChI is InChI=1S/C26H25NO3/c1-19-16-23-4-2-3-5-25(23)27(19)17-21-6-8-22(9-7-21)18-30-24-13-10-20(11-14-24)12-15-26(28)29/h2-11,13-14,16H,12,15,17-18H2,1H3,(H,28,29). The van der Waals surface area contributed by atoms with Gasteiger partial charge in [-0.1, -0.05) is 54.6 Å². The van der Waals surface area contributed by atoms with Gasteiger partial charge in [0, 0.05) is 24.2 Å². The molecule has 4 nitrogen and oxygen atoms in total. The molecule has 0 unspecified atom stereocenters. The van der Waals surface area contributed by atoms with Crippen LogP contribution in [0.3, 0.4) is 0 Å². The number of carboxylic acid groups (broad SMARTS) is 1. The monoisotopic (exact) mass is 399 g/mol. The summed E-state index contributed by atoms with van der Waals surface area (Å²) < 4.78 is 8.21. The summed E-state index contributed by atoms with van der Waals surface area (Å²) in [5, 5.41) is 10.0. The van der Waals surface area contributed by atoms with Gasteiger partial charge in [-0.2, -0.15) is 0 Å². The Kier molecular flexibility index (Phi) is 5.84. The number of ether oxygens (including phenoxy) is 1. The van der Waals surface area contributed by atoms with Crippen LogP contribution in [0, 0.1) is 6.92 Å². The van der Waals surface area contributed by atoms with Crippen molar-refractivity contribution in [3.8, 4) is 5.75 Å². The van der Waals surface area contributed by atoms with Crippen LogP contribution in [0.5, 0.6) is 5.75 Å². The van der Waals surface area contributed by atoms with Crippen LogP contribution in [0.2, 0.25) is 0 Å². The number of nitrogens with zero attached hydrogens (tertiary/aromatic N) is 1. The molecule has 0 aliphatic carbocycles. The van der Waals surface area contributed by atoms with E-state index in [0.29, 0.717) is 13.0 Å². The van der Waals surface area contributed by atoms with Gasteiger partial charge in [-0.3, -0.25) is 4.79 Å². The average molecular weight is 399 g/mol. The molecule has 0 amide bonds. The SMILES string of the molecule is Cc1cc2ccccc2n1Cc1ccc(COc2ccc(CCC(=O)O)cc2)cc1. The fourth-order valence-electron chi connectivity index (χ4n) is 3.65. The summed E-state index contributed by atoms with van der Waals surface area (Å²) in [5.74, 6) is 0.00600. The van der Waals surface area contributed by atoms with E-state index in [1.54, 1.807) is 0 Å². The number of aryl methyl sites for hydroxylation is 2. The quantitative estimate of drug-likeness (QED) is 0.420. The fourth-order valence-corrected chi connectivity index (χ4v) is 3.65. The smallest absolute Gasteiger partial charge is 0.303 e. The predicted molar refractivity (Wildman–Crippen MR) is 119 cm³/mol. The maximum atomic E-state index is 10.7. The summed E-state index contributed by atoms with van der Waals surface area (Å²) in [4.78, 5) is 10.7. The first-order chi connectivity index (χ1) is 14.6. The second-order valence-corrected chi connectivity index (χ2v) is 7.57. The first-order valence-electron chi connectivity index (χ1n) is 10.1. The molecule has 30 heavy (non-hydrogen) atoms. The highest BCUT2D eigenvalue weighted by atomic mass is 16.5. The Morgan fingerprint density at radius 1 is 0.900 bits per heavy atom. The molecule has 0 aliphatic rings. The normalized spacial score (nSPS) is 11.0. The number of benzene rings is 3. The van der Waals surface area contributed by atoms with E-state index in [9.17, 15) is 4.79 Å². The molecule has 0 aliphatic heterocycles. The molecule has 0 atom stereocenters. The molecule has 1 N–H and O–H groups in total. The van der Waals surface area contributed by atoms with Crippen molar-refractivity contribution in [2.75, 3.05) is 0 Å². The number of para-hydroxylation sites is 1. The van der Waals surface area contributed by atoms with Gasteiger partial charge in [0.15, 0.2) is 0 Å². The van der Waals surface area contributed by atoms with Crippen molar-refractivity contribution < 1.29 is 14.6 Å². The molecule has 0 saturated heterocycles. The molecule has 0 spiro atoms. The van der Waals surface area contributed by atoms with Crippen LogP contribution in [-0.2, 0) is 24.4 Å². The third-order valence-corrected chi connectivity index (χ3v) is 5.34. The Hall–Kier alpha value is -3.53. The fraction of sp³-hybridized carbons (Fsp3) is 0.192. The van der Waals surface area contributed by atoms with E-state index in [1.807, 2.05) is 24.3 Å². The maximum Gasteiger partial charge on any atom is 0.303 e. The lowest BCUT2D eigenvalue weighted by molar-refractivity contribution is -0.136. The molecule has 1 heterocycles. The van der Waals surface area contributed by atoms with Gasteiger partial charge in [-0.05, 0) is 59.7 Å². The van der Waals surface area contributed by atoms with Gasteiger partial charge in [0.2, 0.25) is 0 Å². The van der Waals surface area contributed by atoms with Gasteiger partial charge in [-0.15, -0.1) is 0 Å². The number of carbonyl (C=O) groups is 1. The zero-order valence-electron chi connectivity index (χ0n) is 17.0. The van der Waals surface area contributed by atoms with Crippen molar-refractivity contribution >= 4 is 16.9 Å². The van der Waals surface area contributed by atoms with Crippen molar-refractivity contribution in [2.45, 2.75) is 32.9 Å². The minimum atomic E-state index is -0.779. The van der Waals surface area contributed by atoms with Crippen molar-refractivity contribution in [3.05, 3.63) is 101 Å². The summed E-state index contributed by atoms with van der Waals surface area (Å²) in [6.07, 6.45) is 0.679. The Labute approximate surface area is 176 Å². The number of aromatic nitrogens is 1. The van der Waals surface area contributed by atoms with E-state index in [4.69, 9.17) is 9.84 Å². The summed E-state index contributed by atoms with van der Waals surface area (Å²) in [5.41, 5.74) is 5.89. The van der Waals surface area contributed by atoms with E-state index < -0.39 is 5.97 Å². The highest BCUT2D eigenvalue weighted by Crippen LogP contribution is 2.21. The second kappa shape index (κ2) is 8.87. The number of aliphatic carboxylic acids is 1.